The third kappa shape index (κ3) is 1.46. The van der Waals surface area contributed by atoms with Crippen molar-refractivity contribution in [2.75, 3.05) is 4.90 Å². The first-order valence-electron chi connectivity index (χ1n) is 7.79. The summed E-state index contributed by atoms with van der Waals surface area (Å²) in [5, 5.41) is 0. The van der Waals surface area contributed by atoms with E-state index in [9.17, 15) is 0 Å². The Balaban J connectivity index is 1.80. The highest BCUT2D eigenvalue weighted by Crippen LogP contribution is 2.56. The van der Waals surface area contributed by atoms with Gasteiger partial charge >= 0.3 is 0 Å². The van der Waals surface area contributed by atoms with E-state index in [4.69, 9.17) is 0 Å². The molecule has 0 spiro atoms. The zero-order valence-corrected chi connectivity index (χ0v) is 11.9. The van der Waals surface area contributed by atoms with Gasteiger partial charge in [0.05, 0.1) is 0 Å². The van der Waals surface area contributed by atoms with Crippen LogP contribution in [0.4, 0.5) is 11.4 Å². The summed E-state index contributed by atoms with van der Waals surface area (Å²) in [7, 11) is 0. The van der Waals surface area contributed by atoms with Crippen LogP contribution in [-0.4, -0.2) is 0 Å². The molecule has 2 aliphatic carbocycles. The van der Waals surface area contributed by atoms with Crippen molar-refractivity contribution in [3.05, 3.63) is 83.6 Å². The second-order valence-corrected chi connectivity index (χ2v) is 6.18. The number of aryl methyl sites for hydroxylation is 1. The van der Waals surface area contributed by atoms with Crippen LogP contribution in [0.2, 0.25) is 0 Å². The Morgan fingerprint density at radius 1 is 0.952 bits per heavy atom. The molecule has 0 amide bonds. The number of para-hydroxylation sites is 1. The minimum atomic E-state index is 0.565. The molecule has 2 aromatic rings. The number of rotatable bonds is 1. The van der Waals surface area contributed by atoms with Gasteiger partial charge in [0, 0.05) is 23.0 Å². The average Bonchev–Trinajstić information content (AvgIpc) is 2.90. The van der Waals surface area contributed by atoms with Crippen molar-refractivity contribution in [2.24, 2.45) is 5.92 Å². The molecule has 21 heavy (non-hydrogen) atoms. The van der Waals surface area contributed by atoms with Crippen molar-refractivity contribution in [3.8, 4) is 0 Å². The molecule has 0 saturated heterocycles. The first kappa shape index (κ1) is 11.4. The lowest BCUT2D eigenvalue weighted by Crippen LogP contribution is -2.22. The molecule has 2 aromatic carbocycles. The van der Waals surface area contributed by atoms with Crippen molar-refractivity contribution < 1.29 is 0 Å². The van der Waals surface area contributed by atoms with Gasteiger partial charge in [0.1, 0.15) is 0 Å². The van der Waals surface area contributed by atoms with Crippen molar-refractivity contribution >= 4 is 11.4 Å². The normalized spacial score (nSPS) is 24.8. The van der Waals surface area contributed by atoms with Crippen LogP contribution < -0.4 is 4.90 Å². The summed E-state index contributed by atoms with van der Waals surface area (Å²) >= 11 is 0. The van der Waals surface area contributed by atoms with Crippen LogP contribution in [0.25, 0.3) is 0 Å². The largest absolute Gasteiger partial charge is 0.313 e. The number of anilines is 2. The highest BCUT2D eigenvalue weighted by atomic mass is 15.2. The molecule has 0 fully saturated rings. The van der Waals surface area contributed by atoms with Gasteiger partial charge < -0.3 is 4.90 Å². The summed E-state index contributed by atoms with van der Waals surface area (Å²) < 4.78 is 0. The van der Waals surface area contributed by atoms with Gasteiger partial charge in [0.25, 0.3) is 0 Å². The maximum absolute atomic E-state index is 2.46. The summed E-state index contributed by atoms with van der Waals surface area (Å²) in [4.78, 5) is 2.46. The Morgan fingerprint density at radius 2 is 1.86 bits per heavy atom. The third-order valence-electron chi connectivity index (χ3n) is 5.12. The Kier molecular flexibility index (Phi) is 2.23. The molecule has 0 aromatic heterocycles. The first-order chi connectivity index (χ1) is 10.4. The van der Waals surface area contributed by atoms with E-state index in [0.717, 1.165) is 0 Å². The van der Waals surface area contributed by atoms with Gasteiger partial charge in [0.2, 0.25) is 0 Å². The van der Waals surface area contributed by atoms with Crippen LogP contribution in [0.5, 0.6) is 0 Å². The van der Waals surface area contributed by atoms with E-state index >= 15 is 0 Å². The van der Waals surface area contributed by atoms with E-state index in [0.29, 0.717) is 11.8 Å². The molecule has 0 N–H and O–H groups in total. The lowest BCUT2D eigenvalue weighted by atomic mass is 9.73. The molecule has 2 atom stereocenters. The second-order valence-electron chi connectivity index (χ2n) is 6.18. The van der Waals surface area contributed by atoms with E-state index < -0.39 is 0 Å². The lowest BCUT2D eigenvalue weighted by Gasteiger charge is -2.31. The van der Waals surface area contributed by atoms with Gasteiger partial charge in [-0.25, -0.2) is 0 Å². The summed E-state index contributed by atoms with van der Waals surface area (Å²) in [6.45, 7) is 0. The van der Waals surface area contributed by atoms with E-state index in [1.54, 1.807) is 11.1 Å². The van der Waals surface area contributed by atoms with Gasteiger partial charge in [-0.1, -0.05) is 42.5 Å². The Morgan fingerprint density at radius 3 is 2.76 bits per heavy atom. The van der Waals surface area contributed by atoms with E-state index in [1.165, 1.54) is 29.9 Å². The molecule has 1 heterocycles. The third-order valence-corrected chi connectivity index (χ3v) is 5.12. The van der Waals surface area contributed by atoms with Crippen LogP contribution in [0.1, 0.15) is 23.5 Å². The molecule has 1 nitrogen and oxygen atoms in total. The molecule has 102 valence electrons. The molecule has 5 rings (SSSR count). The number of hydrogen-bond donors (Lipinski definition) is 0. The maximum Gasteiger partial charge on any atom is 0.0500 e. The minimum absolute atomic E-state index is 0.565. The molecular weight excluding hydrogens is 254 g/mol. The first-order valence-corrected chi connectivity index (χ1v) is 7.79. The van der Waals surface area contributed by atoms with Crippen LogP contribution >= 0.6 is 0 Å². The standard InChI is InChI=1S/C20H17N/c1-2-8-16(9-3-1)21-17-10-4-6-14-12-13-15-7-5-11-18(21)20(15)19(14)17/h1-11,14,19H,12-13H2. The molecular formula is C20H17N. The fourth-order valence-corrected chi connectivity index (χ4v) is 4.27. The molecule has 3 aliphatic rings. The van der Waals surface area contributed by atoms with Crippen molar-refractivity contribution in [3.63, 3.8) is 0 Å². The number of hydrogen-bond acceptors (Lipinski definition) is 1. The van der Waals surface area contributed by atoms with Crippen LogP contribution in [0.3, 0.4) is 0 Å². The second kappa shape index (κ2) is 4.11. The zero-order valence-electron chi connectivity index (χ0n) is 11.9. The van der Waals surface area contributed by atoms with E-state index in [1.807, 2.05) is 0 Å². The SMILES string of the molecule is C1=CC2CCc3cccc4c3C2C(=C1)N4c1ccccc1. The smallest absolute Gasteiger partial charge is 0.0500 e. The predicted octanol–water partition coefficient (Wildman–Crippen LogP) is 4.94. The van der Waals surface area contributed by atoms with Gasteiger partial charge in [-0.05, 0) is 54.2 Å². The topological polar surface area (TPSA) is 3.24 Å². The van der Waals surface area contributed by atoms with Crippen molar-refractivity contribution in [2.45, 2.75) is 18.8 Å². The van der Waals surface area contributed by atoms with Gasteiger partial charge in [-0.15, -0.1) is 0 Å². The fourth-order valence-electron chi connectivity index (χ4n) is 4.27. The monoisotopic (exact) mass is 271 g/mol. The highest BCUT2D eigenvalue weighted by molar-refractivity contribution is 5.80. The summed E-state index contributed by atoms with van der Waals surface area (Å²) in [5.74, 6) is 1.24. The van der Waals surface area contributed by atoms with Gasteiger partial charge in [-0.3, -0.25) is 0 Å². The van der Waals surface area contributed by atoms with Gasteiger partial charge in [0.15, 0.2) is 0 Å². The summed E-state index contributed by atoms with van der Waals surface area (Å²) in [6, 6.07) is 17.6. The number of benzene rings is 2. The van der Waals surface area contributed by atoms with Crippen LogP contribution in [0, 0.1) is 5.92 Å². The Hall–Kier alpha value is -2.28. The zero-order chi connectivity index (χ0) is 13.8. The van der Waals surface area contributed by atoms with Crippen LogP contribution in [-0.2, 0) is 6.42 Å². The van der Waals surface area contributed by atoms with E-state index in [-0.39, 0.29) is 0 Å². The Bertz CT molecular complexity index is 770. The van der Waals surface area contributed by atoms with Gasteiger partial charge in [-0.2, -0.15) is 0 Å². The molecule has 0 bridgehead atoms. The minimum Gasteiger partial charge on any atom is -0.313 e. The quantitative estimate of drug-likeness (QED) is 0.710. The average molecular weight is 271 g/mol. The molecule has 0 saturated carbocycles. The summed E-state index contributed by atoms with van der Waals surface area (Å²) in [5.41, 5.74) is 7.25. The predicted molar refractivity (Wildman–Crippen MR) is 86.8 cm³/mol. The van der Waals surface area contributed by atoms with Crippen molar-refractivity contribution in [1.29, 1.82) is 0 Å². The molecule has 0 radical (unpaired) electrons. The van der Waals surface area contributed by atoms with Crippen LogP contribution in [0.15, 0.2) is 72.5 Å². The maximum atomic E-state index is 2.46. The van der Waals surface area contributed by atoms with E-state index in [2.05, 4.69) is 71.7 Å². The molecule has 2 unspecified atom stereocenters. The van der Waals surface area contributed by atoms with Crippen molar-refractivity contribution in [1.82, 2.24) is 0 Å². The molecule has 1 heteroatoms. The summed E-state index contributed by atoms with van der Waals surface area (Å²) in [6.07, 6.45) is 9.46. The fraction of sp³-hybridized carbons (Fsp3) is 0.200. The number of allylic oxidation sites excluding steroid dienone is 4. The molecule has 1 aliphatic heterocycles. The highest BCUT2D eigenvalue weighted by Gasteiger charge is 2.42. The number of nitrogens with zero attached hydrogens (tertiary/aromatic N) is 1. The lowest BCUT2D eigenvalue weighted by molar-refractivity contribution is 0.492. The Labute approximate surface area is 125 Å².